The number of allylic oxidation sites excluding steroid dienone is 1. The number of unbranched alkanes of at least 4 members (excludes halogenated alkanes) is 1. The summed E-state index contributed by atoms with van der Waals surface area (Å²) in [6.07, 6.45) is 4.38. The highest BCUT2D eigenvalue weighted by molar-refractivity contribution is 5.00. The Labute approximate surface area is 55.4 Å². The Morgan fingerprint density at radius 3 is 2.89 bits per heavy atom. The van der Waals surface area contributed by atoms with Gasteiger partial charge in [-0.2, -0.15) is 5.26 Å². The summed E-state index contributed by atoms with van der Waals surface area (Å²) in [4.78, 5) is 0. The van der Waals surface area contributed by atoms with Crippen molar-refractivity contribution in [3.63, 3.8) is 0 Å². The van der Waals surface area contributed by atoms with Crippen LogP contribution in [-0.4, -0.2) is 11.2 Å². The molecule has 1 atom stereocenters. The molecule has 0 aromatic heterocycles. The van der Waals surface area contributed by atoms with Gasteiger partial charge in [-0.1, -0.05) is 19.4 Å². The lowest BCUT2D eigenvalue weighted by molar-refractivity contribution is 0.278. The summed E-state index contributed by atoms with van der Waals surface area (Å²) in [6.45, 7) is 2.04. The topological polar surface area (TPSA) is 44.0 Å². The van der Waals surface area contributed by atoms with Crippen LogP contribution in [0.15, 0.2) is 12.2 Å². The van der Waals surface area contributed by atoms with Gasteiger partial charge in [-0.15, -0.1) is 0 Å². The Morgan fingerprint density at radius 2 is 2.44 bits per heavy atom. The molecular formula is C7H11NO. The zero-order chi connectivity index (χ0) is 7.11. The van der Waals surface area contributed by atoms with Gasteiger partial charge in [0.15, 0.2) is 6.10 Å². The minimum absolute atomic E-state index is 0.920. The van der Waals surface area contributed by atoms with Crippen LogP contribution in [0.25, 0.3) is 0 Å². The average Bonchev–Trinajstić information content (AvgIpc) is 1.89. The summed E-state index contributed by atoms with van der Waals surface area (Å²) >= 11 is 0. The van der Waals surface area contributed by atoms with Gasteiger partial charge in [0.25, 0.3) is 0 Å². The second-order valence-corrected chi connectivity index (χ2v) is 1.79. The van der Waals surface area contributed by atoms with E-state index in [0.29, 0.717) is 0 Å². The van der Waals surface area contributed by atoms with Crippen molar-refractivity contribution in [1.29, 1.82) is 5.26 Å². The second-order valence-electron chi connectivity index (χ2n) is 1.79. The van der Waals surface area contributed by atoms with Gasteiger partial charge in [0.1, 0.15) is 0 Å². The first-order valence-corrected chi connectivity index (χ1v) is 3.05. The van der Waals surface area contributed by atoms with Crippen molar-refractivity contribution in [1.82, 2.24) is 0 Å². The Morgan fingerprint density at radius 1 is 1.78 bits per heavy atom. The van der Waals surface area contributed by atoms with E-state index in [1.807, 2.05) is 13.0 Å². The van der Waals surface area contributed by atoms with Gasteiger partial charge in [0, 0.05) is 0 Å². The highest BCUT2D eigenvalue weighted by Gasteiger charge is 1.89. The summed E-state index contributed by atoms with van der Waals surface area (Å²) < 4.78 is 0. The maximum absolute atomic E-state index is 8.64. The summed E-state index contributed by atoms with van der Waals surface area (Å²) in [5.74, 6) is 0. The molecule has 2 heteroatoms. The molecule has 1 N–H and O–H groups in total. The normalized spacial score (nSPS) is 13.4. The largest absolute Gasteiger partial charge is 0.374 e. The van der Waals surface area contributed by atoms with Crippen LogP contribution < -0.4 is 0 Å². The average molecular weight is 125 g/mol. The molecule has 9 heavy (non-hydrogen) atoms. The first-order chi connectivity index (χ1) is 4.31. The van der Waals surface area contributed by atoms with Gasteiger partial charge in [0.2, 0.25) is 0 Å². The molecule has 0 heterocycles. The van der Waals surface area contributed by atoms with E-state index < -0.39 is 6.10 Å². The molecule has 0 aromatic carbocycles. The van der Waals surface area contributed by atoms with E-state index in [1.54, 1.807) is 6.07 Å². The van der Waals surface area contributed by atoms with Gasteiger partial charge in [-0.3, -0.25) is 0 Å². The zero-order valence-corrected chi connectivity index (χ0v) is 5.54. The van der Waals surface area contributed by atoms with E-state index in [4.69, 9.17) is 10.4 Å². The molecule has 0 aliphatic heterocycles. The standard InChI is InChI=1S/C7H11NO/c1-2-3-4-5-7(9)6-8/h4-5,7,9H,2-3H2,1H3/b5-4+/t7-/m1/s1. The van der Waals surface area contributed by atoms with Crippen LogP contribution in [0.5, 0.6) is 0 Å². The summed E-state index contributed by atoms with van der Waals surface area (Å²) in [5.41, 5.74) is 0. The maximum atomic E-state index is 8.64. The van der Waals surface area contributed by atoms with E-state index in [2.05, 4.69) is 0 Å². The van der Waals surface area contributed by atoms with E-state index in [0.717, 1.165) is 12.8 Å². The third-order valence-corrected chi connectivity index (χ3v) is 0.906. The quantitative estimate of drug-likeness (QED) is 0.455. The van der Waals surface area contributed by atoms with E-state index in [-0.39, 0.29) is 0 Å². The van der Waals surface area contributed by atoms with Crippen LogP contribution in [0.3, 0.4) is 0 Å². The van der Waals surface area contributed by atoms with Crippen molar-refractivity contribution < 1.29 is 5.11 Å². The Balaban J connectivity index is 3.35. The molecule has 0 spiro atoms. The van der Waals surface area contributed by atoms with Gasteiger partial charge < -0.3 is 5.11 Å². The van der Waals surface area contributed by atoms with E-state index in [1.165, 1.54) is 6.08 Å². The predicted molar refractivity (Wildman–Crippen MR) is 35.7 cm³/mol. The lowest BCUT2D eigenvalue weighted by atomic mass is 10.3. The number of hydrogen-bond donors (Lipinski definition) is 1. The SMILES string of the molecule is CCC/C=C/[C@@H](O)C#N. The molecule has 0 rings (SSSR count). The number of nitriles is 1. The van der Waals surface area contributed by atoms with Crippen molar-refractivity contribution in [2.45, 2.75) is 25.9 Å². The summed E-state index contributed by atoms with van der Waals surface area (Å²) in [7, 11) is 0. The molecule has 0 amide bonds. The van der Waals surface area contributed by atoms with Crippen molar-refractivity contribution in [2.24, 2.45) is 0 Å². The molecule has 0 saturated heterocycles. The fourth-order valence-electron chi connectivity index (χ4n) is 0.435. The van der Waals surface area contributed by atoms with E-state index >= 15 is 0 Å². The van der Waals surface area contributed by atoms with Crippen molar-refractivity contribution >= 4 is 0 Å². The lowest BCUT2D eigenvalue weighted by Crippen LogP contribution is -1.94. The predicted octanol–water partition coefficient (Wildman–Crippen LogP) is 1.23. The van der Waals surface area contributed by atoms with Crippen LogP contribution in [0, 0.1) is 11.3 Å². The van der Waals surface area contributed by atoms with Crippen LogP contribution >= 0.6 is 0 Å². The van der Waals surface area contributed by atoms with Gasteiger partial charge in [-0.25, -0.2) is 0 Å². The number of rotatable bonds is 3. The number of hydrogen-bond acceptors (Lipinski definition) is 2. The molecule has 0 aliphatic carbocycles. The molecule has 0 aromatic rings. The third-order valence-electron chi connectivity index (χ3n) is 0.906. The first-order valence-electron chi connectivity index (χ1n) is 3.05. The molecule has 0 fully saturated rings. The fourth-order valence-corrected chi connectivity index (χ4v) is 0.435. The van der Waals surface area contributed by atoms with Gasteiger partial charge in [-0.05, 0) is 12.5 Å². The second kappa shape index (κ2) is 5.33. The maximum Gasteiger partial charge on any atom is 0.159 e. The highest BCUT2D eigenvalue weighted by Crippen LogP contribution is 1.90. The monoisotopic (exact) mass is 125 g/mol. The molecule has 50 valence electrons. The molecule has 0 aliphatic rings. The van der Waals surface area contributed by atoms with Crippen LogP contribution in [0.2, 0.25) is 0 Å². The zero-order valence-electron chi connectivity index (χ0n) is 5.54. The van der Waals surface area contributed by atoms with Crippen molar-refractivity contribution in [3.05, 3.63) is 12.2 Å². The number of aliphatic hydroxyl groups excluding tert-OH is 1. The first kappa shape index (κ1) is 8.19. The molecule has 0 unspecified atom stereocenters. The van der Waals surface area contributed by atoms with E-state index in [9.17, 15) is 0 Å². The van der Waals surface area contributed by atoms with Crippen molar-refractivity contribution in [3.8, 4) is 6.07 Å². The molecule has 0 saturated carbocycles. The molecule has 2 nitrogen and oxygen atoms in total. The lowest BCUT2D eigenvalue weighted by Gasteiger charge is -1.88. The van der Waals surface area contributed by atoms with Gasteiger partial charge in [0.05, 0.1) is 6.07 Å². The minimum atomic E-state index is -0.920. The van der Waals surface area contributed by atoms with Crippen LogP contribution in [0.4, 0.5) is 0 Å². The number of aliphatic hydroxyl groups is 1. The Kier molecular flexibility index (Phi) is 4.85. The summed E-state index contributed by atoms with van der Waals surface area (Å²) in [6, 6.07) is 1.69. The number of nitrogens with zero attached hydrogens (tertiary/aromatic N) is 1. The van der Waals surface area contributed by atoms with Crippen LogP contribution in [0.1, 0.15) is 19.8 Å². The smallest absolute Gasteiger partial charge is 0.159 e. The fraction of sp³-hybridized carbons (Fsp3) is 0.571. The van der Waals surface area contributed by atoms with Crippen molar-refractivity contribution in [2.75, 3.05) is 0 Å². The summed E-state index contributed by atoms with van der Waals surface area (Å²) in [5, 5.41) is 16.7. The molecule has 0 radical (unpaired) electrons. The Bertz CT molecular complexity index is 123. The van der Waals surface area contributed by atoms with Crippen LogP contribution in [-0.2, 0) is 0 Å². The molecule has 0 bridgehead atoms. The third kappa shape index (κ3) is 5.05. The Hall–Kier alpha value is -0.810. The minimum Gasteiger partial charge on any atom is -0.374 e. The highest BCUT2D eigenvalue weighted by atomic mass is 16.3. The van der Waals surface area contributed by atoms with Gasteiger partial charge >= 0.3 is 0 Å². The molecular weight excluding hydrogens is 114 g/mol.